The van der Waals surface area contributed by atoms with Crippen molar-refractivity contribution >= 4 is 17.7 Å². The Morgan fingerprint density at radius 3 is 2.11 bits per heavy atom. The molecule has 0 fully saturated rings. The average Bonchev–Trinajstić information content (AvgIpc) is 2.43. The van der Waals surface area contributed by atoms with Gasteiger partial charge >= 0.3 is 5.97 Å². The van der Waals surface area contributed by atoms with Gasteiger partial charge in [-0.1, -0.05) is 23.9 Å². The summed E-state index contributed by atoms with van der Waals surface area (Å²) in [5.41, 5.74) is 0.932. The third-order valence-corrected chi connectivity index (χ3v) is 3.59. The summed E-state index contributed by atoms with van der Waals surface area (Å²) in [5, 5.41) is 9.21. The number of ether oxygens (including phenoxy) is 1. The maximum absolute atomic E-state index is 11.1. The van der Waals surface area contributed by atoms with Crippen LogP contribution in [0.15, 0.2) is 58.3 Å². The summed E-state index contributed by atoms with van der Waals surface area (Å²) in [5.74, 6) is 0.0247. The Kier molecular flexibility index (Phi) is 4.47. The molecule has 0 saturated carbocycles. The number of aromatic hydroxyl groups is 1. The van der Waals surface area contributed by atoms with Gasteiger partial charge in [-0.25, -0.2) is 0 Å². The Morgan fingerprint density at radius 2 is 1.58 bits per heavy atom. The molecular weight excluding hydrogens is 260 g/mol. The minimum atomic E-state index is -0.237. The molecule has 2 aromatic carbocycles. The highest BCUT2D eigenvalue weighted by atomic mass is 32.2. The molecule has 0 unspecified atom stereocenters. The first-order valence-corrected chi connectivity index (χ1v) is 6.61. The number of carbonyl (C=O) groups is 1. The SMILES string of the molecule is COC(=O)Cc1ccc(Sc2ccc(O)cc2)cc1. The van der Waals surface area contributed by atoms with Crippen LogP contribution >= 0.6 is 11.8 Å². The first-order chi connectivity index (χ1) is 9.17. The molecule has 4 heteroatoms. The molecule has 0 saturated heterocycles. The molecule has 0 aliphatic rings. The third kappa shape index (κ3) is 4.03. The van der Waals surface area contributed by atoms with E-state index in [1.165, 1.54) is 7.11 Å². The van der Waals surface area contributed by atoms with Crippen molar-refractivity contribution in [1.82, 2.24) is 0 Å². The van der Waals surface area contributed by atoms with Crippen LogP contribution in [-0.2, 0) is 16.0 Å². The molecule has 19 heavy (non-hydrogen) atoms. The van der Waals surface area contributed by atoms with E-state index in [4.69, 9.17) is 0 Å². The van der Waals surface area contributed by atoms with Crippen LogP contribution in [0.2, 0.25) is 0 Å². The topological polar surface area (TPSA) is 46.5 Å². The first-order valence-electron chi connectivity index (χ1n) is 5.80. The van der Waals surface area contributed by atoms with Gasteiger partial charge in [0.15, 0.2) is 0 Å². The van der Waals surface area contributed by atoms with Crippen molar-refractivity contribution in [2.75, 3.05) is 7.11 Å². The van der Waals surface area contributed by atoms with Crippen LogP contribution in [0.25, 0.3) is 0 Å². The molecule has 3 nitrogen and oxygen atoms in total. The summed E-state index contributed by atoms with van der Waals surface area (Å²) in [6, 6.07) is 14.8. The molecular formula is C15H14O3S. The molecule has 0 aliphatic carbocycles. The normalized spacial score (nSPS) is 10.2. The van der Waals surface area contributed by atoms with E-state index in [1.54, 1.807) is 23.9 Å². The summed E-state index contributed by atoms with van der Waals surface area (Å²) in [6.07, 6.45) is 0.292. The Hall–Kier alpha value is -1.94. The monoisotopic (exact) mass is 274 g/mol. The maximum atomic E-state index is 11.1. The zero-order valence-corrected chi connectivity index (χ0v) is 11.3. The van der Waals surface area contributed by atoms with Gasteiger partial charge in [0.2, 0.25) is 0 Å². The molecule has 0 bridgehead atoms. The van der Waals surface area contributed by atoms with E-state index >= 15 is 0 Å². The van der Waals surface area contributed by atoms with Crippen molar-refractivity contribution in [3.05, 3.63) is 54.1 Å². The number of phenolic OH excluding ortho intramolecular Hbond substituents is 1. The van der Waals surface area contributed by atoms with Crippen LogP contribution in [0, 0.1) is 0 Å². The fraction of sp³-hybridized carbons (Fsp3) is 0.133. The van der Waals surface area contributed by atoms with Gasteiger partial charge in [-0.2, -0.15) is 0 Å². The highest BCUT2D eigenvalue weighted by molar-refractivity contribution is 7.99. The second-order valence-electron chi connectivity index (χ2n) is 3.99. The predicted octanol–water partition coefficient (Wildman–Crippen LogP) is 3.26. The second kappa shape index (κ2) is 6.29. The van der Waals surface area contributed by atoms with E-state index in [9.17, 15) is 9.90 Å². The minimum Gasteiger partial charge on any atom is -0.508 e. The van der Waals surface area contributed by atoms with Crippen LogP contribution in [0.3, 0.4) is 0 Å². The lowest BCUT2D eigenvalue weighted by molar-refractivity contribution is -0.139. The van der Waals surface area contributed by atoms with E-state index in [-0.39, 0.29) is 11.7 Å². The number of esters is 1. The van der Waals surface area contributed by atoms with Gasteiger partial charge in [-0.3, -0.25) is 4.79 Å². The van der Waals surface area contributed by atoms with Crippen molar-refractivity contribution in [1.29, 1.82) is 0 Å². The standard InChI is InChI=1S/C15H14O3S/c1-18-15(17)10-11-2-6-13(7-3-11)19-14-8-4-12(16)5-9-14/h2-9,16H,10H2,1H3. The molecule has 0 amide bonds. The van der Waals surface area contributed by atoms with Crippen LogP contribution < -0.4 is 0 Å². The molecule has 0 aromatic heterocycles. The maximum Gasteiger partial charge on any atom is 0.309 e. The van der Waals surface area contributed by atoms with Crippen LogP contribution in [-0.4, -0.2) is 18.2 Å². The van der Waals surface area contributed by atoms with Gasteiger partial charge in [0.05, 0.1) is 13.5 Å². The molecule has 2 aromatic rings. The molecule has 0 heterocycles. The first kappa shape index (κ1) is 13.5. The summed E-state index contributed by atoms with van der Waals surface area (Å²) >= 11 is 1.60. The molecule has 0 spiro atoms. The third-order valence-electron chi connectivity index (χ3n) is 2.57. The number of benzene rings is 2. The minimum absolute atomic E-state index is 0.237. The van der Waals surface area contributed by atoms with E-state index in [1.807, 2.05) is 36.4 Å². The molecule has 0 radical (unpaired) electrons. The molecule has 2 rings (SSSR count). The lowest BCUT2D eigenvalue weighted by atomic mass is 10.2. The number of hydrogen-bond donors (Lipinski definition) is 1. The van der Waals surface area contributed by atoms with E-state index in [0.29, 0.717) is 6.42 Å². The summed E-state index contributed by atoms with van der Waals surface area (Å²) < 4.78 is 4.62. The highest BCUT2D eigenvalue weighted by Crippen LogP contribution is 2.28. The molecule has 0 aliphatic heterocycles. The van der Waals surface area contributed by atoms with Gasteiger partial charge in [-0.15, -0.1) is 0 Å². The quantitative estimate of drug-likeness (QED) is 0.869. The van der Waals surface area contributed by atoms with E-state index in [0.717, 1.165) is 15.4 Å². The summed E-state index contributed by atoms with van der Waals surface area (Å²) in [7, 11) is 1.39. The van der Waals surface area contributed by atoms with Crippen molar-refractivity contribution in [2.45, 2.75) is 16.2 Å². The molecule has 0 atom stereocenters. The smallest absolute Gasteiger partial charge is 0.309 e. The fourth-order valence-electron chi connectivity index (χ4n) is 1.56. The number of rotatable bonds is 4. The zero-order valence-electron chi connectivity index (χ0n) is 10.5. The van der Waals surface area contributed by atoms with Crippen LogP contribution in [0.1, 0.15) is 5.56 Å². The number of phenols is 1. The van der Waals surface area contributed by atoms with Crippen molar-refractivity contribution in [3.8, 4) is 5.75 Å². The average molecular weight is 274 g/mol. The number of carbonyl (C=O) groups excluding carboxylic acids is 1. The second-order valence-corrected chi connectivity index (χ2v) is 5.14. The van der Waals surface area contributed by atoms with Crippen LogP contribution in [0.5, 0.6) is 5.75 Å². The summed E-state index contributed by atoms with van der Waals surface area (Å²) in [6.45, 7) is 0. The largest absolute Gasteiger partial charge is 0.508 e. The molecule has 98 valence electrons. The molecule has 1 N–H and O–H groups in total. The van der Waals surface area contributed by atoms with Gasteiger partial charge < -0.3 is 9.84 Å². The highest BCUT2D eigenvalue weighted by Gasteiger charge is 2.03. The Bertz CT molecular complexity index is 547. The number of methoxy groups -OCH3 is 1. The number of hydrogen-bond acceptors (Lipinski definition) is 4. The zero-order chi connectivity index (χ0) is 13.7. The lowest BCUT2D eigenvalue weighted by Gasteiger charge is -2.04. The fourth-order valence-corrected chi connectivity index (χ4v) is 2.38. The van der Waals surface area contributed by atoms with Crippen molar-refractivity contribution in [3.63, 3.8) is 0 Å². The van der Waals surface area contributed by atoms with Gasteiger partial charge in [0, 0.05) is 9.79 Å². The lowest BCUT2D eigenvalue weighted by Crippen LogP contribution is -2.03. The Morgan fingerprint density at radius 1 is 1.05 bits per heavy atom. The van der Waals surface area contributed by atoms with Crippen LogP contribution in [0.4, 0.5) is 0 Å². The Balaban J connectivity index is 2.02. The van der Waals surface area contributed by atoms with E-state index in [2.05, 4.69) is 4.74 Å². The van der Waals surface area contributed by atoms with Gasteiger partial charge in [0.1, 0.15) is 5.75 Å². The Labute approximate surface area is 116 Å². The van der Waals surface area contributed by atoms with Gasteiger partial charge in [0.25, 0.3) is 0 Å². The van der Waals surface area contributed by atoms with Crippen molar-refractivity contribution < 1.29 is 14.6 Å². The summed E-state index contributed by atoms with van der Waals surface area (Å²) in [4.78, 5) is 13.3. The van der Waals surface area contributed by atoms with Gasteiger partial charge in [-0.05, 0) is 42.0 Å². The van der Waals surface area contributed by atoms with E-state index < -0.39 is 0 Å². The predicted molar refractivity (Wildman–Crippen MR) is 74.4 cm³/mol. The van der Waals surface area contributed by atoms with Crippen molar-refractivity contribution in [2.24, 2.45) is 0 Å².